The summed E-state index contributed by atoms with van der Waals surface area (Å²) in [4.78, 5) is 18.5. The number of amides is 1. The summed E-state index contributed by atoms with van der Waals surface area (Å²) < 4.78 is 5.36. The first-order valence-corrected chi connectivity index (χ1v) is 8.54. The monoisotopic (exact) mass is 320 g/mol. The number of pyridine rings is 1. The zero-order valence-electron chi connectivity index (χ0n) is 13.8. The average Bonchev–Trinajstić information content (AvgIpc) is 2.61. The van der Waals surface area contributed by atoms with Crippen LogP contribution in [0.2, 0.25) is 0 Å². The lowest BCUT2D eigenvalue weighted by molar-refractivity contribution is -0.121. The molecule has 1 fully saturated rings. The Hall–Kier alpha value is -1.66. The molecule has 6 heteroatoms. The van der Waals surface area contributed by atoms with Crippen molar-refractivity contribution in [2.45, 2.75) is 38.6 Å². The topological polar surface area (TPSA) is 80.5 Å². The molecule has 0 bridgehead atoms. The standard InChI is InChI=1S/C17H28N4O2/c18-7-4-2-1-3-5-17(22)20-14-15-6-8-19-16(13-15)21-9-11-23-12-10-21/h6,8,13H,1-5,7,9-12,14,18H2,(H,20,22). The van der Waals surface area contributed by atoms with E-state index in [9.17, 15) is 4.79 Å². The van der Waals surface area contributed by atoms with Crippen molar-refractivity contribution in [2.75, 3.05) is 37.7 Å². The van der Waals surface area contributed by atoms with Crippen molar-refractivity contribution >= 4 is 11.7 Å². The van der Waals surface area contributed by atoms with Gasteiger partial charge >= 0.3 is 0 Å². The molecule has 6 nitrogen and oxygen atoms in total. The van der Waals surface area contributed by atoms with Crippen LogP contribution in [-0.4, -0.2) is 43.7 Å². The number of hydrogen-bond donors (Lipinski definition) is 2. The zero-order valence-corrected chi connectivity index (χ0v) is 13.8. The lowest BCUT2D eigenvalue weighted by Gasteiger charge is -2.28. The third-order valence-electron chi connectivity index (χ3n) is 3.99. The highest BCUT2D eigenvalue weighted by Gasteiger charge is 2.12. The van der Waals surface area contributed by atoms with Gasteiger partial charge in [0, 0.05) is 32.3 Å². The minimum atomic E-state index is 0.113. The molecule has 3 N–H and O–H groups in total. The van der Waals surface area contributed by atoms with E-state index < -0.39 is 0 Å². The Balaban J connectivity index is 1.71. The molecule has 0 spiro atoms. The zero-order chi connectivity index (χ0) is 16.3. The number of hydrogen-bond acceptors (Lipinski definition) is 5. The number of nitrogens with zero attached hydrogens (tertiary/aromatic N) is 2. The molecule has 1 aliphatic heterocycles. The second kappa shape index (κ2) is 10.2. The number of rotatable bonds is 9. The van der Waals surface area contributed by atoms with Gasteiger partial charge in [0.2, 0.25) is 5.91 Å². The maximum absolute atomic E-state index is 11.9. The number of carbonyl (C=O) groups is 1. The van der Waals surface area contributed by atoms with Crippen LogP contribution >= 0.6 is 0 Å². The van der Waals surface area contributed by atoms with Gasteiger partial charge in [0.25, 0.3) is 0 Å². The van der Waals surface area contributed by atoms with E-state index in [0.717, 1.165) is 69.9 Å². The molecule has 0 unspecified atom stereocenters. The first-order chi connectivity index (χ1) is 11.3. The molecular formula is C17H28N4O2. The number of aromatic nitrogens is 1. The Kier molecular flexibility index (Phi) is 7.83. The Morgan fingerprint density at radius 1 is 1.26 bits per heavy atom. The van der Waals surface area contributed by atoms with Crippen LogP contribution in [0.3, 0.4) is 0 Å². The lowest BCUT2D eigenvalue weighted by atomic mass is 10.1. The van der Waals surface area contributed by atoms with Crippen LogP contribution in [0.25, 0.3) is 0 Å². The molecule has 1 aliphatic rings. The highest BCUT2D eigenvalue weighted by Crippen LogP contribution is 2.14. The van der Waals surface area contributed by atoms with Gasteiger partial charge in [0.15, 0.2) is 0 Å². The van der Waals surface area contributed by atoms with Crippen molar-refractivity contribution in [3.05, 3.63) is 23.9 Å². The molecule has 0 aliphatic carbocycles. The molecule has 1 aromatic rings. The number of unbranched alkanes of at least 4 members (excludes halogenated alkanes) is 3. The third kappa shape index (κ3) is 6.54. The number of ether oxygens (including phenoxy) is 1. The normalized spacial score (nSPS) is 14.7. The second-order valence-electron chi connectivity index (χ2n) is 5.85. The molecule has 0 radical (unpaired) electrons. The van der Waals surface area contributed by atoms with Crippen molar-refractivity contribution in [1.29, 1.82) is 0 Å². The van der Waals surface area contributed by atoms with Crippen molar-refractivity contribution in [2.24, 2.45) is 5.73 Å². The SMILES string of the molecule is NCCCCCCC(=O)NCc1ccnc(N2CCOCC2)c1. The maximum atomic E-state index is 11.9. The molecule has 2 rings (SSSR count). The summed E-state index contributed by atoms with van der Waals surface area (Å²) in [6.07, 6.45) is 6.55. The molecule has 2 heterocycles. The molecular weight excluding hydrogens is 292 g/mol. The van der Waals surface area contributed by atoms with E-state index in [1.807, 2.05) is 12.1 Å². The molecule has 23 heavy (non-hydrogen) atoms. The molecule has 1 amide bonds. The van der Waals surface area contributed by atoms with Crippen LogP contribution in [0, 0.1) is 0 Å². The molecule has 0 atom stereocenters. The minimum absolute atomic E-state index is 0.113. The summed E-state index contributed by atoms with van der Waals surface area (Å²) in [5.74, 6) is 1.07. The van der Waals surface area contributed by atoms with Crippen molar-refractivity contribution in [3.63, 3.8) is 0 Å². The summed E-state index contributed by atoms with van der Waals surface area (Å²) in [6.45, 7) is 4.51. The number of anilines is 1. The number of nitrogens with two attached hydrogens (primary N) is 1. The van der Waals surface area contributed by atoms with Gasteiger partial charge < -0.3 is 20.7 Å². The Bertz CT molecular complexity index is 475. The predicted octanol–water partition coefficient (Wildman–Crippen LogP) is 1.44. The van der Waals surface area contributed by atoms with E-state index in [0.29, 0.717) is 13.0 Å². The smallest absolute Gasteiger partial charge is 0.220 e. The van der Waals surface area contributed by atoms with Crippen LogP contribution in [0.1, 0.15) is 37.7 Å². The van der Waals surface area contributed by atoms with Crippen LogP contribution in [0.4, 0.5) is 5.82 Å². The average molecular weight is 320 g/mol. The fourth-order valence-corrected chi connectivity index (χ4v) is 2.61. The van der Waals surface area contributed by atoms with Gasteiger partial charge in [0.1, 0.15) is 5.82 Å². The molecule has 0 aromatic carbocycles. The van der Waals surface area contributed by atoms with Gasteiger partial charge in [-0.2, -0.15) is 0 Å². The lowest BCUT2D eigenvalue weighted by Crippen LogP contribution is -2.36. The van der Waals surface area contributed by atoms with Gasteiger partial charge in [0.05, 0.1) is 13.2 Å². The van der Waals surface area contributed by atoms with Crippen molar-refractivity contribution in [1.82, 2.24) is 10.3 Å². The first-order valence-electron chi connectivity index (χ1n) is 8.54. The van der Waals surface area contributed by atoms with Crippen LogP contribution < -0.4 is 16.0 Å². The van der Waals surface area contributed by atoms with Crippen LogP contribution in [0.5, 0.6) is 0 Å². The van der Waals surface area contributed by atoms with Gasteiger partial charge in [-0.05, 0) is 37.1 Å². The van der Waals surface area contributed by atoms with Crippen LogP contribution in [0.15, 0.2) is 18.3 Å². The number of carbonyl (C=O) groups excluding carboxylic acids is 1. The Labute approximate surface area is 138 Å². The fourth-order valence-electron chi connectivity index (χ4n) is 2.61. The van der Waals surface area contributed by atoms with E-state index in [-0.39, 0.29) is 5.91 Å². The molecule has 128 valence electrons. The summed E-state index contributed by atoms with van der Waals surface area (Å²) >= 11 is 0. The fraction of sp³-hybridized carbons (Fsp3) is 0.647. The van der Waals surface area contributed by atoms with E-state index in [4.69, 9.17) is 10.5 Å². The summed E-state index contributed by atoms with van der Waals surface area (Å²) in [6, 6.07) is 4.00. The van der Waals surface area contributed by atoms with E-state index in [1.54, 1.807) is 6.20 Å². The van der Waals surface area contributed by atoms with Gasteiger partial charge in [-0.3, -0.25) is 4.79 Å². The summed E-state index contributed by atoms with van der Waals surface area (Å²) in [5.41, 5.74) is 6.54. The summed E-state index contributed by atoms with van der Waals surface area (Å²) in [7, 11) is 0. The quantitative estimate of drug-likeness (QED) is 0.673. The molecule has 1 saturated heterocycles. The van der Waals surface area contributed by atoms with Gasteiger partial charge in [-0.15, -0.1) is 0 Å². The van der Waals surface area contributed by atoms with Crippen LogP contribution in [-0.2, 0) is 16.1 Å². The maximum Gasteiger partial charge on any atom is 0.220 e. The summed E-state index contributed by atoms with van der Waals surface area (Å²) in [5, 5.41) is 2.99. The second-order valence-corrected chi connectivity index (χ2v) is 5.85. The van der Waals surface area contributed by atoms with E-state index in [1.165, 1.54) is 0 Å². The number of nitrogens with one attached hydrogen (secondary N) is 1. The first kappa shape index (κ1) is 17.7. The third-order valence-corrected chi connectivity index (χ3v) is 3.99. The molecule has 1 aromatic heterocycles. The van der Waals surface area contributed by atoms with E-state index in [2.05, 4.69) is 15.2 Å². The predicted molar refractivity (Wildman–Crippen MR) is 91.3 cm³/mol. The molecule has 0 saturated carbocycles. The highest BCUT2D eigenvalue weighted by molar-refractivity contribution is 5.75. The van der Waals surface area contributed by atoms with Gasteiger partial charge in [-0.1, -0.05) is 12.8 Å². The number of morpholine rings is 1. The van der Waals surface area contributed by atoms with Gasteiger partial charge in [-0.25, -0.2) is 4.98 Å². The van der Waals surface area contributed by atoms with Crippen molar-refractivity contribution in [3.8, 4) is 0 Å². The highest BCUT2D eigenvalue weighted by atomic mass is 16.5. The Morgan fingerprint density at radius 3 is 2.83 bits per heavy atom. The van der Waals surface area contributed by atoms with Crippen molar-refractivity contribution < 1.29 is 9.53 Å². The van der Waals surface area contributed by atoms with E-state index >= 15 is 0 Å². The minimum Gasteiger partial charge on any atom is -0.378 e. The Morgan fingerprint density at radius 2 is 2.04 bits per heavy atom. The largest absolute Gasteiger partial charge is 0.378 e.